The van der Waals surface area contributed by atoms with Crippen molar-refractivity contribution in [1.29, 1.82) is 0 Å². The molecule has 0 saturated carbocycles. The number of hydrogen-bond acceptors (Lipinski definition) is 10. The molecule has 0 spiro atoms. The second kappa shape index (κ2) is 14.4. The Morgan fingerprint density at radius 1 is 1.15 bits per heavy atom. The standard InChI is InChI=1S/C28H33N5O7/c1-4-38-25(35)16-39-26-19(11-18(15-34)12-24(26)40-17(2)3)13-30-22-8-6-5-7-21(22)28(36)32-20-9-10-23(31-14-20)27(29)33-37/h5-12,14,17,30,34,37H,4,13,15-16H2,1-3H3,(H2,29,33)(H,32,36). The number of aliphatic hydroxyl groups is 1. The molecule has 212 valence electrons. The number of hydrogen-bond donors (Lipinski definition) is 5. The minimum atomic E-state index is -0.529. The highest BCUT2D eigenvalue weighted by Gasteiger charge is 2.18. The number of amides is 1. The Bertz CT molecular complexity index is 1340. The number of anilines is 2. The first-order valence-corrected chi connectivity index (χ1v) is 12.6. The smallest absolute Gasteiger partial charge is 0.344 e. The largest absolute Gasteiger partial charge is 0.487 e. The van der Waals surface area contributed by atoms with E-state index in [9.17, 15) is 14.7 Å². The number of oxime groups is 1. The molecule has 0 radical (unpaired) electrons. The van der Waals surface area contributed by atoms with E-state index in [2.05, 4.69) is 20.8 Å². The van der Waals surface area contributed by atoms with Crippen molar-refractivity contribution in [2.45, 2.75) is 40.0 Å². The number of para-hydroxylation sites is 1. The number of ether oxygens (including phenoxy) is 3. The van der Waals surface area contributed by atoms with Crippen LogP contribution in [0.5, 0.6) is 11.5 Å². The molecule has 0 bridgehead atoms. The summed E-state index contributed by atoms with van der Waals surface area (Å²) in [6, 6.07) is 13.4. The fraction of sp³-hybridized carbons (Fsp3) is 0.286. The number of aromatic nitrogens is 1. The van der Waals surface area contributed by atoms with Gasteiger partial charge in [-0.3, -0.25) is 9.78 Å². The average molecular weight is 552 g/mol. The molecule has 0 unspecified atom stereocenters. The number of nitrogens with two attached hydrogens (primary N) is 1. The van der Waals surface area contributed by atoms with Gasteiger partial charge >= 0.3 is 5.97 Å². The van der Waals surface area contributed by atoms with E-state index in [4.69, 9.17) is 25.2 Å². The van der Waals surface area contributed by atoms with Gasteiger partial charge in [0.1, 0.15) is 5.69 Å². The molecule has 3 aromatic rings. The van der Waals surface area contributed by atoms with Gasteiger partial charge in [-0.25, -0.2) is 4.79 Å². The molecule has 1 amide bonds. The zero-order valence-corrected chi connectivity index (χ0v) is 22.5. The van der Waals surface area contributed by atoms with Crippen molar-refractivity contribution in [2.24, 2.45) is 10.9 Å². The molecule has 0 fully saturated rings. The number of nitrogens with zero attached hydrogens (tertiary/aromatic N) is 2. The lowest BCUT2D eigenvalue weighted by Crippen LogP contribution is -2.18. The van der Waals surface area contributed by atoms with E-state index in [-0.39, 0.29) is 44.0 Å². The summed E-state index contributed by atoms with van der Waals surface area (Å²) in [5.41, 5.74) is 8.28. The van der Waals surface area contributed by atoms with Crippen molar-refractivity contribution in [2.75, 3.05) is 23.8 Å². The second-order valence-corrected chi connectivity index (χ2v) is 8.77. The summed E-state index contributed by atoms with van der Waals surface area (Å²) in [4.78, 5) is 29.2. The molecule has 2 aromatic carbocycles. The van der Waals surface area contributed by atoms with Gasteiger partial charge in [0.2, 0.25) is 0 Å². The molecular formula is C28H33N5O7. The van der Waals surface area contributed by atoms with Crippen molar-refractivity contribution < 1.29 is 34.1 Å². The molecule has 0 aliphatic carbocycles. The van der Waals surface area contributed by atoms with Crippen LogP contribution in [-0.2, 0) is 22.7 Å². The number of carbonyl (C=O) groups excluding carboxylic acids is 2. The third-order valence-electron chi connectivity index (χ3n) is 5.41. The molecule has 3 rings (SSSR count). The summed E-state index contributed by atoms with van der Waals surface area (Å²) in [6.07, 6.45) is 1.20. The molecule has 12 heteroatoms. The van der Waals surface area contributed by atoms with E-state index in [1.165, 1.54) is 12.3 Å². The predicted octanol–water partition coefficient (Wildman–Crippen LogP) is 3.26. The molecular weight excluding hydrogens is 518 g/mol. The molecule has 1 aromatic heterocycles. The van der Waals surface area contributed by atoms with Gasteiger partial charge < -0.3 is 40.9 Å². The van der Waals surface area contributed by atoms with Gasteiger partial charge in [0.15, 0.2) is 23.9 Å². The Labute approximate surface area is 231 Å². The van der Waals surface area contributed by atoms with E-state index >= 15 is 0 Å². The molecule has 0 aliphatic heterocycles. The lowest BCUT2D eigenvalue weighted by Gasteiger charge is -2.20. The Balaban J connectivity index is 1.85. The normalized spacial score (nSPS) is 11.2. The number of carbonyl (C=O) groups is 2. The first-order chi connectivity index (χ1) is 19.2. The van der Waals surface area contributed by atoms with Crippen molar-refractivity contribution in [3.8, 4) is 11.5 Å². The van der Waals surface area contributed by atoms with Crippen LogP contribution in [-0.4, -0.2) is 52.3 Å². The fourth-order valence-electron chi connectivity index (χ4n) is 3.68. The topological polar surface area (TPSA) is 178 Å². The van der Waals surface area contributed by atoms with Gasteiger partial charge in [-0.1, -0.05) is 17.3 Å². The zero-order valence-electron chi connectivity index (χ0n) is 22.5. The first kappa shape index (κ1) is 29.7. The highest BCUT2D eigenvalue weighted by Crippen LogP contribution is 2.35. The summed E-state index contributed by atoms with van der Waals surface area (Å²) < 4.78 is 16.7. The molecule has 40 heavy (non-hydrogen) atoms. The minimum absolute atomic E-state index is 0.148. The molecule has 0 aliphatic rings. The van der Waals surface area contributed by atoms with Crippen molar-refractivity contribution in [3.05, 3.63) is 77.1 Å². The summed E-state index contributed by atoms with van der Waals surface area (Å²) in [7, 11) is 0. The summed E-state index contributed by atoms with van der Waals surface area (Å²) in [6.45, 7) is 5.26. The maximum Gasteiger partial charge on any atom is 0.344 e. The number of amidine groups is 1. The number of esters is 1. The van der Waals surface area contributed by atoms with Crippen molar-refractivity contribution in [1.82, 2.24) is 4.98 Å². The van der Waals surface area contributed by atoms with Gasteiger partial charge in [0.25, 0.3) is 5.91 Å². The monoisotopic (exact) mass is 551 g/mol. The first-order valence-electron chi connectivity index (χ1n) is 12.6. The molecule has 0 atom stereocenters. The van der Waals surface area contributed by atoms with Crippen molar-refractivity contribution >= 4 is 29.1 Å². The van der Waals surface area contributed by atoms with Crippen LogP contribution in [0.25, 0.3) is 0 Å². The van der Waals surface area contributed by atoms with E-state index in [0.717, 1.165) is 0 Å². The second-order valence-electron chi connectivity index (χ2n) is 8.77. The Morgan fingerprint density at radius 2 is 1.93 bits per heavy atom. The van der Waals surface area contributed by atoms with Crippen LogP contribution >= 0.6 is 0 Å². The third-order valence-corrected chi connectivity index (χ3v) is 5.41. The minimum Gasteiger partial charge on any atom is -0.487 e. The maximum absolute atomic E-state index is 13.1. The molecule has 6 N–H and O–H groups in total. The highest BCUT2D eigenvalue weighted by atomic mass is 16.6. The van der Waals surface area contributed by atoms with E-state index < -0.39 is 11.9 Å². The summed E-state index contributed by atoms with van der Waals surface area (Å²) in [5.74, 6) is -0.376. The van der Waals surface area contributed by atoms with Gasteiger partial charge in [-0.2, -0.15) is 0 Å². The average Bonchev–Trinajstić information content (AvgIpc) is 2.95. The van der Waals surface area contributed by atoms with Crippen LogP contribution in [0.1, 0.15) is 48.0 Å². The van der Waals surface area contributed by atoms with Gasteiger partial charge in [0, 0.05) is 17.8 Å². The van der Waals surface area contributed by atoms with Gasteiger partial charge in [-0.15, -0.1) is 0 Å². The summed E-state index contributed by atoms with van der Waals surface area (Å²) in [5, 5.41) is 27.5. The fourth-order valence-corrected chi connectivity index (χ4v) is 3.68. The quantitative estimate of drug-likeness (QED) is 0.0696. The van der Waals surface area contributed by atoms with Crippen LogP contribution < -0.4 is 25.8 Å². The lowest BCUT2D eigenvalue weighted by molar-refractivity contribution is -0.145. The Kier molecular flexibility index (Phi) is 10.7. The number of nitrogens with one attached hydrogen (secondary N) is 2. The highest BCUT2D eigenvalue weighted by molar-refractivity contribution is 6.08. The molecule has 0 saturated heterocycles. The van der Waals surface area contributed by atoms with E-state index in [1.807, 2.05) is 13.8 Å². The number of aliphatic hydroxyl groups excluding tert-OH is 1. The van der Waals surface area contributed by atoms with Crippen LogP contribution in [0, 0.1) is 0 Å². The van der Waals surface area contributed by atoms with Crippen LogP contribution in [0.4, 0.5) is 11.4 Å². The van der Waals surface area contributed by atoms with Crippen LogP contribution in [0.2, 0.25) is 0 Å². The van der Waals surface area contributed by atoms with Gasteiger partial charge in [0.05, 0.1) is 36.8 Å². The molecule has 12 nitrogen and oxygen atoms in total. The number of benzene rings is 2. The lowest BCUT2D eigenvalue weighted by atomic mass is 10.1. The number of rotatable bonds is 13. The summed E-state index contributed by atoms with van der Waals surface area (Å²) >= 11 is 0. The zero-order chi connectivity index (χ0) is 29.1. The van der Waals surface area contributed by atoms with Crippen molar-refractivity contribution in [3.63, 3.8) is 0 Å². The molecule has 1 heterocycles. The van der Waals surface area contributed by atoms with E-state index in [0.29, 0.717) is 39.6 Å². The predicted molar refractivity (Wildman–Crippen MR) is 149 cm³/mol. The number of pyridine rings is 1. The SMILES string of the molecule is CCOC(=O)COc1c(CNc2ccccc2C(=O)Nc2ccc(/C(N)=N/O)nc2)cc(CO)cc1OC(C)C. The van der Waals surface area contributed by atoms with E-state index in [1.54, 1.807) is 49.4 Å². The van der Waals surface area contributed by atoms with Crippen LogP contribution in [0.3, 0.4) is 0 Å². The maximum atomic E-state index is 13.1. The third kappa shape index (κ3) is 8.08. The van der Waals surface area contributed by atoms with Gasteiger partial charge in [-0.05, 0) is 62.7 Å². The van der Waals surface area contributed by atoms with Crippen LogP contribution in [0.15, 0.2) is 59.9 Å². The Morgan fingerprint density at radius 3 is 2.58 bits per heavy atom. The Hall–Kier alpha value is -4.84.